The maximum atomic E-state index is 5.96. The van der Waals surface area contributed by atoms with E-state index < -0.39 is 0 Å². The molecule has 2 rings (SSSR count). The predicted octanol–water partition coefficient (Wildman–Crippen LogP) is 2.45. The van der Waals surface area contributed by atoms with Gasteiger partial charge in [-0.1, -0.05) is 5.16 Å². The molecule has 1 heterocycles. The molecule has 0 amide bonds. The summed E-state index contributed by atoms with van der Waals surface area (Å²) < 4.78 is 10.2. The molecule has 0 spiro atoms. The van der Waals surface area contributed by atoms with E-state index in [1.807, 2.05) is 37.3 Å². The zero-order chi connectivity index (χ0) is 12.3. The number of ether oxygens (including phenoxy) is 1. The van der Waals surface area contributed by atoms with Crippen molar-refractivity contribution < 1.29 is 9.26 Å². The van der Waals surface area contributed by atoms with Crippen LogP contribution in [0.2, 0.25) is 0 Å². The van der Waals surface area contributed by atoms with Crippen molar-refractivity contribution in [2.45, 2.75) is 6.92 Å². The van der Waals surface area contributed by atoms with Crippen LogP contribution in [0.25, 0.3) is 11.8 Å². The first kappa shape index (κ1) is 11.3. The average molecular weight is 230 g/mol. The Morgan fingerprint density at radius 2 is 2.06 bits per heavy atom. The smallest absolute Gasteiger partial charge is 0.161 e. The summed E-state index contributed by atoms with van der Waals surface area (Å²) in [7, 11) is 1.63. The quantitative estimate of drug-likeness (QED) is 0.879. The number of methoxy groups -OCH3 is 1. The molecule has 2 aromatic rings. The summed E-state index contributed by atoms with van der Waals surface area (Å²) in [5.74, 6) is 1.45. The Hall–Kier alpha value is -2.23. The predicted molar refractivity (Wildman–Crippen MR) is 66.3 cm³/mol. The average Bonchev–Trinajstić information content (AvgIpc) is 2.75. The number of hydrogen-bond acceptors (Lipinski definition) is 4. The first-order valence-corrected chi connectivity index (χ1v) is 5.24. The Labute approximate surface area is 99.7 Å². The van der Waals surface area contributed by atoms with E-state index in [1.54, 1.807) is 13.2 Å². The minimum Gasteiger partial charge on any atom is -0.497 e. The van der Waals surface area contributed by atoms with Crippen LogP contribution in [0.3, 0.4) is 0 Å². The number of nitrogens with two attached hydrogens (primary N) is 1. The first-order valence-electron chi connectivity index (χ1n) is 5.24. The van der Waals surface area contributed by atoms with Crippen molar-refractivity contribution in [3.8, 4) is 5.75 Å². The Kier molecular flexibility index (Phi) is 3.14. The number of benzene rings is 1. The van der Waals surface area contributed by atoms with Crippen molar-refractivity contribution in [1.29, 1.82) is 0 Å². The molecule has 2 N–H and O–H groups in total. The van der Waals surface area contributed by atoms with Crippen molar-refractivity contribution in [3.63, 3.8) is 0 Å². The van der Waals surface area contributed by atoms with Gasteiger partial charge in [0.1, 0.15) is 5.75 Å². The number of hydrogen-bond donors (Lipinski definition) is 1. The molecule has 1 aromatic heterocycles. The molecule has 0 aliphatic carbocycles. The van der Waals surface area contributed by atoms with Gasteiger partial charge in [-0.25, -0.2) is 0 Å². The van der Waals surface area contributed by atoms with Crippen LogP contribution < -0.4 is 10.5 Å². The van der Waals surface area contributed by atoms with Crippen LogP contribution in [0.5, 0.6) is 5.75 Å². The highest BCUT2D eigenvalue weighted by Gasteiger charge is 2.01. The third kappa shape index (κ3) is 2.66. The van der Waals surface area contributed by atoms with Gasteiger partial charge >= 0.3 is 0 Å². The fraction of sp³-hybridized carbons (Fsp3) is 0.154. The Morgan fingerprint density at radius 1 is 1.35 bits per heavy atom. The van der Waals surface area contributed by atoms with E-state index in [2.05, 4.69) is 5.16 Å². The maximum absolute atomic E-state index is 5.96. The lowest BCUT2D eigenvalue weighted by Gasteiger charge is -2.02. The van der Waals surface area contributed by atoms with E-state index in [4.69, 9.17) is 15.0 Å². The zero-order valence-corrected chi connectivity index (χ0v) is 9.81. The van der Waals surface area contributed by atoms with E-state index in [-0.39, 0.29) is 0 Å². The topological polar surface area (TPSA) is 61.3 Å². The molecule has 0 unspecified atom stereocenters. The molecule has 4 nitrogen and oxygen atoms in total. The molecule has 0 aliphatic heterocycles. The molecular weight excluding hydrogens is 216 g/mol. The monoisotopic (exact) mass is 230 g/mol. The first-order chi connectivity index (χ1) is 8.19. The molecule has 0 aliphatic rings. The number of nitrogens with zero attached hydrogens (tertiary/aromatic N) is 1. The summed E-state index contributed by atoms with van der Waals surface area (Å²) in [6.45, 7) is 1.87. The highest BCUT2D eigenvalue weighted by molar-refractivity contribution is 5.78. The van der Waals surface area contributed by atoms with Crippen molar-refractivity contribution in [2.24, 2.45) is 5.73 Å². The zero-order valence-electron chi connectivity index (χ0n) is 9.81. The van der Waals surface area contributed by atoms with Gasteiger partial charge in [0.25, 0.3) is 0 Å². The van der Waals surface area contributed by atoms with Crippen LogP contribution in [0.1, 0.15) is 17.0 Å². The maximum Gasteiger partial charge on any atom is 0.161 e. The standard InChI is InChI=1S/C13H14N2O2/c1-9-7-12(17-15-9)8-13(14)10-3-5-11(16-2)6-4-10/h3-8H,14H2,1-2H3/b13-8+. The molecule has 17 heavy (non-hydrogen) atoms. The SMILES string of the molecule is COc1ccc(/C(N)=C\c2cc(C)no2)cc1. The van der Waals surface area contributed by atoms with Gasteiger partial charge in [0.15, 0.2) is 5.76 Å². The summed E-state index contributed by atoms with van der Waals surface area (Å²) in [6.07, 6.45) is 1.75. The largest absolute Gasteiger partial charge is 0.497 e. The molecule has 0 bridgehead atoms. The van der Waals surface area contributed by atoms with E-state index in [0.29, 0.717) is 11.5 Å². The van der Waals surface area contributed by atoms with Gasteiger partial charge in [0, 0.05) is 17.8 Å². The Balaban J connectivity index is 2.23. The van der Waals surface area contributed by atoms with Gasteiger partial charge in [-0.15, -0.1) is 0 Å². The fourth-order valence-corrected chi connectivity index (χ4v) is 1.47. The third-order valence-corrected chi connectivity index (χ3v) is 2.37. The van der Waals surface area contributed by atoms with E-state index >= 15 is 0 Å². The normalized spacial score (nSPS) is 11.5. The van der Waals surface area contributed by atoms with Crippen LogP contribution >= 0.6 is 0 Å². The third-order valence-electron chi connectivity index (χ3n) is 2.37. The van der Waals surface area contributed by atoms with Crippen molar-refractivity contribution in [2.75, 3.05) is 7.11 Å². The Bertz CT molecular complexity index is 527. The van der Waals surface area contributed by atoms with Crippen LogP contribution in [0, 0.1) is 6.92 Å². The lowest BCUT2D eigenvalue weighted by Crippen LogP contribution is -1.95. The van der Waals surface area contributed by atoms with Gasteiger partial charge in [-0.2, -0.15) is 0 Å². The van der Waals surface area contributed by atoms with E-state index in [9.17, 15) is 0 Å². The highest BCUT2D eigenvalue weighted by atomic mass is 16.5. The van der Waals surface area contributed by atoms with Crippen molar-refractivity contribution >= 4 is 11.8 Å². The molecule has 0 saturated carbocycles. The van der Waals surface area contributed by atoms with Crippen LogP contribution in [-0.4, -0.2) is 12.3 Å². The second kappa shape index (κ2) is 4.74. The van der Waals surface area contributed by atoms with Gasteiger partial charge in [-0.3, -0.25) is 0 Å². The number of aryl methyl sites for hydroxylation is 1. The van der Waals surface area contributed by atoms with Gasteiger partial charge in [-0.05, 0) is 36.8 Å². The van der Waals surface area contributed by atoms with Gasteiger partial charge in [0.2, 0.25) is 0 Å². The van der Waals surface area contributed by atoms with Gasteiger partial charge < -0.3 is 15.0 Å². The lowest BCUT2D eigenvalue weighted by atomic mass is 10.1. The molecule has 0 saturated heterocycles. The summed E-state index contributed by atoms with van der Waals surface area (Å²) in [6, 6.07) is 9.35. The summed E-state index contributed by atoms with van der Waals surface area (Å²) in [5, 5.41) is 3.80. The number of rotatable bonds is 3. The van der Waals surface area contributed by atoms with Crippen LogP contribution in [0.15, 0.2) is 34.9 Å². The van der Waals surface area contributed by atoms with Crippen LogP contribution in [-0.2, 0) is 0 Å². The molecule has 88 valence electrons. The second-order valence-electron chi connectivity index (χ2n) is 3.70. The minimum absolute atomic E-state index is 0.629. The Morgan fingerprint density at radius 3 is 2.59 bits per heavy atom. The molecule has 0 fully saturated rings. The lowest BCUT2D eigenvalue weighted by molar-refractivity contribution is 0.408. The van der Waals surface area contributed by atoms with Crippen LogP contribution in [0.4, 0.5) is 0 Å². The second-order valence-corrected chi connectivity index (χ2v) is 3.70. The number of aromatic nitrogens is 1. The van der Waals surface area contributed by atoms with Crippen molar-refractivity contribution in [3.05, 3.63) is 47.3 Å². The molecule has 0 atom stereocenters. The minimum atomic E-state index is 0.629. The molecular formula is C13H14N2O2. The molecule has 0 radical (unpaired) electrons. The summed E-state index contributed by atoms with van der Waals surface area (Å²) in [5.41, 5.74) is 8.34. The van der Waals surface area contributed by atoms with Crippen molar-refractivity contribution in [1.82, 2.24) is 5.16 Å². The highest BCUT2D eigenvalue weighted by Crippen LogP contribution is 2.17. The summed E-state index contributed by atoms with van der Waals surface area (Å²) >= 11 is 0. The summed E-state index contributed by atoms with van der Waals surface area (Å²) in [4.78, 5) is 0. The van der Waals surface area contributed by atoms with E-state index in [0.717, 1.165) is 17.0 Å². The fourth-order valence-electron chi connectivity index (χ4n) is 1.47. The van der Waals surface area contributed by atoms with E-state index in [1.165, 1.54) is 0 Å². The molecule has 1 aromatic carbocycles. The van der Waals surface area contributed by atoms with Gasteiger partial charge in [0.05, 0.1) is 12.8 Å². The molecule has 4 heteroatoms.